The molecule has 2 saturated carbocycles. The van der Waals surface area contributed by atoms with Gasteiger partial charge in [-0.1, -0.05) is 24.6 Å². The average molecular weight is 391 g/mol. The van der Waals surface area contributed by atoms with Crippen LogP contribution in [0.5, 0.6) is 0 Å². The maximum atomic E-state index is 12.0. The molecule has 0 aromatic heterocycles. The first-order valence-electron chi connectivity index (χ1n) is 10.2. The molecular weight excluding hydrogens is 366 g/mol. The second-order valence-corrected chi connectivity index (χ2v) is 7.93. The van der Waals surface area contributed by atoms with Crippen LogP contribution in [-0.4, -0.2) is 18.5 Å². The van der Waals surface area contributed by atoms with E-state index in [0.717, 1.165) is 18.0 Å². The molecule has 0 spiro atoms. The van der Waals surface area contributed by atoms with Gasteiger partial charge in [0.1, 0.15) is 0 Å². The Morgan fingerprint density at radius 3 is 2.31 bits per heavy atom. The van der Waals surface area contributed by atoms with Crippen LogP contribution in [0.15, 0.2) is 64.8 Å². The SMILES string of the molecule is O=C(COC(=O)C[C@@H]1C[C@H]2CC[C@@H]1C2)Nc1ccc(N=Nc2ccccc2)cc1. The summed E-state index contributed by atoms with van der Waals surface area (Å²) in [5.74, 6) is 1.32. The van der Waals surface area contributed by atoms with Crippen molar-refractivity contribution in [1.82, 2.24) is 0 Å². The van der Waals surface area contributed by atoms with Crippen molar-refractivity contribution in [2.75, 3.05) is 11.9 Å². The van der Waals surface area contributed by atoms with Crippen molar-refractivity contribution in [2.45, 2.75) is 32.1 Å². The van der Waals surface area contributed by atoms with Gasteiger partial charge in [-0.3, -0.25) is 9.59 Å². The molecule has 2 bridgehead atoms. The second-order valence-electron chi connectivity index (χ2n) is 7.93. The molecule has 4 rings (SSSR count). The van der Waals surface area contributed by atoms with Gasteiger partial charge in [-0.2, -0.15) is 10.2 Å². The third kappa shape index (κ3) is 5.28. The van der Waals surface area contributed by atoms with Crippen LogP contribution in [0.3, 0.4) is 0 Å². The highest BCUT2D eigenvalue weighted by Gasteiger charge is 2.40. The van der Waals surface area contributed by atoms with Gasteiger partial charge in [0.25, 0.3) is 5.91 Å². The number of hydrogen-bond donors (Lipinski definition) is 1. The molecule has 6 nitrogen and oxygen atoms in total. The van der Waals surface area contributed by atoms with Crippen LogP contribution in [0.4, 0.5) is 17.1 Å². The molecule has 1 amide bonds. The molecule has 29 heavy (non-hydrogen) atoms. The maximum absolute atomic E-state index is 12.0. The van der Waals surface area contributed by atoms with Gasteiger partial charge in [0.2, 0.25) is 0 Å². The molecule has 0 saturated heterocycles. The molecule has 2 aliphatic rings. The number of benzene rings is 2. The highest BCUT2D eigenvalue weighted by molar-refractivity contribution is 5.92. The highest BCUT2D eigenvalue weighted by Crippen LogP contribution is 2.49. The van der Waals surface area contributed by atoms with E-state index < -0.39 is 0 Å². The van der Waals surface area contributed by atoms with Gasteiger partial charge in [0.15, 0.2) is 6.61 Å². The van der Waals surface area contributed by atoms with Gasteiger partial charge < -0.3 is 10.1 Å². The Kier molecular flexibility index (Phi) is 5.98. The van der Waals surface area contributed by atoms with E-state index in [0.29, 0.717) is 29.6 Å². The fourth-order valence-electron chi connectivity index (χ4n) is 4.46. The fourth-order valence-corrected chi connectivity index (χ4v) is 4.46. The lowest BCUT2D eigenvalue weighted by Gasteiger charge is -2.20. The molecule has 2 aromatic carbocycles. The van der Waals surface area contributed by atoms with Gasteiger partial charge in [-0.15, -0.1) is 0 Å². The minimum Gasteiger partial charge on any atom is -0.456 e. The molecule has 150 valence electrons. The highest BCUT2D eigenvalue weighted by atomic mass is 16.5. The first kappa shape index (κ1) is 19.3. The van der Waals surface area contributed by atoms with Crippen molar-refractivity contribution in [2.24, 2.45) is 28.0 Å². The average Bonchev–Trinajstić information content (AvgIpc) is 3.36. The molecule has 2 aromatic rings. The molecule has 0 aliphatic heterocycles. The smallest absolute Gasteiger partial charge is 0.306 e. The van der Waals surface area contributed by atoms with Gasteiger partial charge in [-0.25, -0.2) is 0 Å². The van der Waals surface area contributed by atoms with Crippen LogP contribution in [0.25, 0.3) is 0 Å². The zero-order valence-electron chi connectivity index (χ0n) is 16.3. The number of carbonyl (C=O) groups excluding carboxylic acids is 2. The van der Waals surface area contributed by atoms with Crippen LogP contribution in [0.1, 0.15) is 32.1 Å². The number of anilines is 1. The van der Waals surface area contributed by atoms with E-state index in [1.165, 1.54) is 19.3 Å². The summed E-state index contributed by atoms with van der Waals surface area (Å²) < 4.78 is 5.17. The lowest BCUT2D eigenvalue weighted by Crippen LogP contribution is -2.23. The second kappa shape index (κ2) is 8.99. The number of hydrogen-bond acceptors (Lipinski definition) is 5. The number of azo groups is 1. The van der Waals surface area contributed by atoms with Gasteiger partial charge in [0.05, 0.1) is 11.4 Å². The van der Waals surface area contributed by atoms with Gasteiger partial charge >= 0.3 is 5.97 Å². The van der Waals surface area contributed by atoms with Crippen LogP contribution >= 0.6 is 0 Å². The molecule has 3 atom stereocenters. The van der Waals surface area contributed by atoms with E-state index in [1.54, 1.807) is 24.3 Å². The van der Waals surface area contributed by atoms with Gasteiger partial charge in [-0.05, 0) is 73.4 Å². The van der Waals surface area contributed by atoms with E-state index in [-0.39, 0.29) is 18.5 Å². The normalized spacial score (nSPS) is 22.7. The zero-order valence-corrected chi connectivity index (χ0v) is 16.3. The maximum Gasteiger partial charge on any atom is 0.306 e. The Balaban J connectivity index is 1.20. The lowest BCUT2D eigenvalue weighted by molar-refractivity contribution is -0.148. The molecule has 1 N–H and O–H groups in total. The summed E-state index contributed by atoms with van der Waals surface area (Å²) >= 11 is 0. The number of fused-ring (bicyclic) bond motifs is 2. The summed E-state index contributed by atoms with van der Waals surface area (Å²) in [6.45, 7) is -0.255. The van der Waals surface area contributed by atoms with E-state index >= 15 is 0 Å². The first-order valence-corrected chi connectivity index (χ1v) is 10.2. The van der Waals surface area contributed by atoms with E-state index in [4.69, 9.17) is 4.74 Å². The van der Waals surface area contributed by atoms with Crippen molar-refractivity contribution < 1.29 is 14.3 Å². The summed E-state index contributed by atoms with van der Waals surface area (Å²) in [6, 6.07) is 16.5. The lowest BCUT2D eigenvalue weighted by atomic mass is 9.86. The Bertz CT molecular complexity index is 880. The summed E-state index contributed by atoms with van der Waals surface area (Å²) in [4.78, 5) is 24.1. The summed E-state index contributed by atoms with van der Waals surface area (Å²) in [6.07, 6.45) is 5.39. The standard InChI is InChI=1S/C23H25N3O3/c27-22(15-29-23(28)14-18-13-16-6-7-17(18)12-16)24-19-8-10-21(11-9-19)26-25-20-4-2-1-3-5-20/h1-5,8-11,16-18H,6-7,12-15H2,(H,24,27)/t16-,17+,18-/m0/s1. The van der Waals surface area contributed by atoms with Crippen LogP contribution in [0, 0.1) is 17.8 Å². The number of esters is 1. The molecule has 2 fully saturated rings. The number of ether oxygens (including phenoxy) is 1. The first-order chi connectivity index (χ1) is 14.2. The van der Waals surface area contributed by atoms with Gasteiger partial charge in [0, 0.05) is 12.1 Å². The number of carbonyl (C=O) groups is 2. The number of amides is 1. The van der Waals surface area contributed by atoms with E-state index in [1.807, 2.05) is 30.3 Å². The Morgan fingerprint density at radius 2 is 1.66 bits per heavy atom. The number of nitrogens with zero attached hydrogens (tertiary/aromatic N) is 2. The minimum atomic E-state index is -0.343. The van der Waals surface area contributed by atoms with Crippen LogP contribution in [0.2, 0.25) is 0 Å². The monoisotopic (exact) mass is 391 g/mol. The minimum absolute atomic E-state index is 0.255. The molecular formula is C23H25N3O3. The van der Waals surface area contributed by atoms with Crippen LogP contribution in [-0.2, 0) is 14.3 Å². The van der Waals surface area contributed by atoms with Crippen molar-refractivity contribution >= 4 is 28.9 Å². The third-order valence-electron chi connectivity index (χ3n) is 5.87. The summed E-state index contributed by atoms with van der Waals surface area (Å²) in [5, 5.41) is 11.0. The molecule has 6 heteroatoms. The molecule has 0 heterocycles. The Labute approximate surface area is 170 Å². The zero-order chi connectivity index (χ0) is 20.1. The van der Waals surface area contributed by atoms with Crippen molar-refractivity contribution in [3.05, 3.63) is 54.6 Å². The van der Waals surface area contributed by atoms with E-state index in [2.05, 4.69) is 15.5 Å². The predicted molar refractivity (Wildman–Crippen MR) is 110 cm³/mol. The topological polar surface area (TPSA) is 80.1 Å². The van der Waals surface area contributed by atoms with E-state index in [9.17, 15) is 9.59 Å². The molecule has 0 unspecified atom stereocenters. The summed E-state index contributed by atoms with van der Waals surface area (Å²) in [5.41, 5.74) is 2.08. The third-order valence-corrected chi connectivity index (χ3v) is 5.87. The Morgan fingerprint density at radius 1 is 0.931 bits per heavy atom. The van der Waals surface area contributed by atoms with Crippen molar-refractivity contribution in [1.29, 1.82) is 0 Å². The summed E-state index contributed by atoms with van der Waals surface area (Å²) in [7, 11) is 0. The quantitative estimate of drug-likeness (QED) is 0.506. The number of rotatable bonds is 7. The van der Waals surface area contributed by atoms with Crippen LogP contribution < -0.4 is 5.32 Å². The molecule has 2 aliphatic carbocycles. The largest absolute Gasteiger partial charge is 0.456 e. The molecule has 0 radical (unpaired) electrons. The predicted octanol–water partition coefficient (Wildman–Crippen LogP) is 5.41. The number of nitrogens with one attached hydrogen (secondary N) is 1. The Hall–Kier alpha value is -3.02. The van der Waals surface area contributed by atoms with Crippen molar-refractivity contribution in [3.8, 4) is 0 Å². The fraction of sp³-hybridized carbons (Fsp3) is 0.391. The van der Waals surface area contributed by atoms with Crippen molar-refractivity contribution in [3.63, 3.8) is 0 Å².